The van der Waals surface area contributed by atoms with Gasteiger partial charge in [0.1, 0.15) is 0 Å². The fourth-order valence-corrected chi connectivity index (χ4v) is 1.46. The Kier molecular flexibility index (Phi) is 2.13. The largest absolute Gasteiger partial charge is 0.362 e. The first-order valence-corrected chi connectivity index (χ1v) is 4.35. The molecule has 76 valence electrons. The molecule has 3 N–H and O–H groups in total. The average Bonchev–Trinajstić information content (AvgIpc) is 2.24. The van der Waals surface area contributed by atoms with E-state index in [0.29, 0.717) is 16.5 Å². The number of aromatic amines is 2. The van der Waals surface area contributed by atoms with Gasteiger partial charge in [-0.1, -0.05) is 12.6 Å². The molecular weight excluding hydrogens is 194 g/mol. The summed E-state index contributed by atoms with van der Waals surface area (Å²) >= 11 is 0. The Labute approximate surface area is 84.4 Å². The topological polar surface area (TPSA) is 77.8 Å². The number of hydrogen-bond acceptors (Lipinski definition) is 3. The van der Waals surface area contributed by atoms with Crippen LogP contribution in [0.5, 0.6) is 0 Å². The van der Waals surface area contributed by atoms with Crippen molar-refractivity contribution in [2.75, 3.05) is 5.32 Å². The highest BCUT2D eigenvalue weighted by Gasteiger charge is 2.06. The van der Waals surface area contributed by atoms with Gasteiger partial charge in [0.2, 0.25) is 0 Å². The first-order chi connectivity index (χ1) is 7.24. The molecule has 1 aromatic carbocycles. The van der Waals surface area contributed by atoms with Crippen molar-refractivity contribution in [1.82, 2.24) is 10.2 Å². The second-order valence-corrected chi connectivity index (χ2v) is 2.98. The average molecular weight is 203 g/mol. The number of hydrogen-bond donors (Lipinski definition) is 3. The predicted molar refractivity (Wildman–Crippen MR) is 59.0 cm³/mol. The molecule has 0 radical (unpaired) electrons. The molecule has 0 unspecified atom stereocenters. The van der Waals surface area contributed by atoms with Crippen molar-refractivity contribution in [3.8, 4) is 0 Å². The lowest BCUT2D eigenvalue weighted by atomic mass is 10.1. The van der Waals surface area contributed by atoms with Crippen molar-refractivity contribution < 1.29 is 0 Å². The summed E-state index contributed by atoms with van der Waals surface area (Å²) < 4.78 is 0. The minimum absolute atomic E-state index is 0.322. The molecule has 0 fully saturated rings. The smallest absolute Gasteiger partial charge is 0.272 e. The van der Waals surface area contributed by atoms with E-state index in [1.165, 1.54) is 6.20 Å². The van der Waals surface area contributed by atoms with E-state index >= 15 is 0 Å². The first-order valence-electron chi connectivity index (χ1n) is 4.35. The molecule has 2 rings (SSSR count). The highest BCUT2D eigenvalue weighted by atomic mass is 16.1. The van der Waals surface area contributed by atoms with E-state index in [2.05, 4.69) is 22.1 Å². The highest BCUT2D eigenvalue weighted by molar-refractivity contribution is 5.92. The van der Waals surface area contributed by atoms with Crippen LogP contribution in [0.2, 0.25) is 0 Å². The summed E-state index contributed by atoms with van der Waals surface area (Å²) in [5.74, 6) is 0. The van der Waals surface area contributed by atoms with E-state index in [1.807, 2.05) is 0 Å². The third-order valence-corrected chi connectivity index (χ3v) is 2.08. The zero-order valence-corrected chi connectivity index (χ0v) is 7.83. The molecule has 0 spiro atoms. The fourth-order valence-electron chi connectivity index (χ4n) is 1.46. The van der Waals surface area contributed by atoms with Crippen LogP contribution in [-0.2, 0) is 0 Å². The summed E-state index contributed by atoms with van der Waals surface area (Å²) in [7, 11) is 0. The van der Waals surface area contributed by atoms with Crippen molar-refractivity contribution in [3.05, 3.63) is 51.7 Å². The number of rotatable bonds is 2. The van der Waals surface area contributed by atoms with E-state index in [4.69, 9.17) is 0 Å². The van der Waals surface area contributed by atoms with Crippen LogP contribution in [0, 0.1) is 0 Å². The lowest BCUT2D eigenvalue weighted by Crippen LogP contribution is -2.19. The van der Waals surface area contributed by atoms with Gasteiger partial charge in [0, 0.05) is 0 Å². The van der Waals surface area contributed by atoms with E-state index < -0.39 is 0 Å². The van der Waals surface area contributed by atoms with Crippen molar-refractivity contribution in [2.24, 2.45) is 0 Å². The molecule has 5 heteroatoms. The Morgan fingerprint density at radius 2 is 1.93 bits per heavy atom. The van der Waals surface area contributed by atoms with Crippen LogP contribution in [0.25, 0.3) is 10.8 Å². The fraction of sp³-hybridized carbons (Fsp3) is 0. The Balaban J connectivity index is 2.96. The lowest BCUT2D eigenvalue weighted by molar-refractivity contribution is 0.977. The molecule has 1 heterocycles. The van der Waals surface area contributed by atoms with Gasteiger partial charge in [-0.3, -0.25) is 19.8 Å². The number of H-pyrrole nitrogens is 2. The van der Waals surface area contributed by atoms with Crippen molar-refractivity contribution in [1.29, 1.82) is 0 Å². The number of benzene rings is 1. The highest BCUT2D eigenvalue weighted by Crippen LogP contribution is 2.16. The summed E-state index contributed by atoms with van der Waals surface area (Å²) in [6.07, 6.45) is 1.45. The molecule has 0 aliphatic carbocycles. The van der Waals surface area contributed by atoms with Crippen LogP contribution < -0.4 is 16.4 Å². The second kappa shape index (κ2) is 3.45. The zero-order chi connectivity index (χ0) is 10.8. The van der Waals surface area contributed by atoms with Crippen LogP contribution in [0.3, 0.4) is 0 Å². The number of anilines is 1. The molecular formula is C10H9N3O2. The maximum absolute atomic E-state index is 11.5. The molecule has 0 atom stereocenters. The van der Waals surface area contributed by atoms with Crippen molar-refractivity contribution >= 4 is 16.5 Å². The summed E-state index contributed by atoms with van der Waals surface area (Å²) in [5, 5.41) is 8.04. The minimum Gasteiger partial charge on any atom is -0.362 e. The molecule has 0 bridgehead atoms. The van der Waals surface area contributed by atoms with E-state index in [0.717, 1.165) is 0 Å². The lowest BCUT2D eigenvalue weighted by Gasteiger charge is -2.03. The molecule has 5 nitrogen and oxygen atoms in total. The molecule has 2 aromatic rings. The van der Waals surface area contributed by atoms with Gasteiger partial charge in [0.05, 0.1) is 16.5 Å². The Bertz CT molecular complexity index is 624. The molecule has 0 amide bonds. The normalized spacial score (nSPS) is 10.1. The van der Waals surface area contributed by atoms with E-state index in [1.54, 1.807) is 18.2 Å². The van der Waals surface area contributed by atoms with Gasteiger partial charge in [0.25, 0.3) is 11.1 Å². The van der Waals surface area contributed by atoms with Gasteiger partial charge >= 0.3 is 0 Å². The molecule has 1 aromatic heterocycles. The minimum atomic E-state index is -0.338. The molecule has 0 saturated carbocycles. The first kappa shape index (κ1) is 9.26. The third-order valence-electron chi connectivity index (χ3n) is 2.08. The van der Waals surface area contributed by atoms with Crippen LogP contribution in [-0.4, -0.2) is 10.2 Å². The summed E-state index contributed by atoms with van der Waals surface area (Å²) in [4.78, 5) is 22.9. The van der Waals surface area contributed by atoms with Crippen molar-refractivity contribution in [3.63, 3.8) is 0 Å². The van der Waals surface area contributed by atoms with E-state index in [-0.39, 0.29) is 11.1 Å². The van der Waals surface area contributed by atoms with Crippen LogP contribution >= 0.6 is 0 Å². The van der Waals surface area contributed by atoms with Crippen LogP contribution in [0.15, 0.2) is 40.6 Å². The Morgan fingerprint density at radius 3 is 2.67 bits per heavy atom. The molecule has 0 aliphatic rings. The van der Waals surface area contributed by atoms with Gasteiger partial charge in [0.15, 0.2) is 0 Å². The summed E-state index contributed by atoms with van der Waals surface area (Å²) in [6, 6.07) is 5.00. The summed E-state index contributed by atoms with van der Waals surface area (Å²) in [6.45, 7) is 3.51. The predicted octanol–water partition coefficient (Wildman–Crippen LogP) is 0.772. The van der Waals surface area contributed by atoms with Gasteiger partial charge in [-0.15, -0.1) is 0 Å². The molecule has 0 aliphatic heterocycles. The number of fused-ring (bicyclic) bond motifs is 1. The maximum Gasteiger partial charge on any atom is 0.272 e. The second-order valence-electron chi connectivity index (χ2n) is 2.98. The van der Waals surface area contributed by atoms with Crippen LogP contribution in [0.4, 0.5) is 5.69 Å². The van der Waals surface area contributed by atoms with Gasteiger partial charge < -0.3 is 5.32 Å². The van der Waals surface area contributed by atoms with Crippen LogP contribution in [0.1, 0.15) is 0 Å². The van der Waals surface area contributed by atoms with Gasteiger partial charge in [-0.2, -0.15) is 0 Å². The monoisotopic (exact) mass is 203 g/mol. The maximum atomic E-state index is 11.5. The van der Waals surface area contributed by atoms with Gasteiger partial charge in [-0.25, -0.2) is 0 Å². The molecule has 15 heavy (non-hydrogen) atoms. The zero-order valence-electron chi connectivity index (χ0n) is 7.83. The SMILES string of the molecule is C=CNc1cccc2c(=O)[nH][nH]c(=O)c12. The number of aromatic nitrogens is 2. The van der Waals surface area contributed by atoms with Crippen molar-refractivity contribution in [2.45, 2.75) is 0 Å². The number of nitrogens with one attached hydrogen (secondary N) is 3. The van der Waals surface area contributed by atoms with E-state index in [9.17, 15) is 9.59 Å². The molecule has 0 saturated heterocycles. The third kappa shape index (κ3) is 1.43. The standard InChI is InChI=1S/C10H9N3O2/c1-2-11-7-5-3-4-6-8(7)10(15)13-12-9(6)14/h2-5,11H,1H2,(H,12,14)(H,13,15). The Hall–Kier alpha value is -2.30. The summed E-state index contributed by atoms with van der Waals surface area (Å²) in [5.41, 5.74) is -0.0956. The van der Waals surface area contributed by atoms with Gasteiger partial charge in [-0.05, 0) is 18.3 Å². The quantitative estimate of drug-likeness (QED) is 0.674. The Morgan fingerprint density at radius 1 is 1.20 bits per heavy atom.